The summed E-state index contributed by atoms with van der Waals surface area (Å²) >= 11 is 0. The molecule has 1 saturated heterocycles. The number of hydrogen-bond donors (Lipinski definition) is 2. The van der Waals surface area contributed by atoms with Gasteiger partial charge in [-0.25, -0.2) is 4.79 Å². The van der Waals surface area contributed by atoms with Gasteiger partial charge in [0.05, 0.1) is 18.4 Å². The number of methoxy groups -OCH3 is 1. The number of carbonyl (C=O) groups is 2. The average molecular weight is 356 g/mol. The van der Waals surface area contributed by atoms with Gasteiger partial charge in [0.1, 0.15) is 6.54 Å². The lowest BCUT2D eigenvalue weighted by atomic mass is 9.97. The summed E-state index contributed by atoms with van der Waals surface area (Å²) in [7, 11) is 1.35. The molecular formula is C19H24N4O3. The van der Waals surface area contributed by atoms with Crippen molar-refractivity contribution in [3.05, 3.63) is 53.3 Å². The van der Waals surface area contributed by atoms with Gasteiger partial charge in [0.15, 0.2) is 0 Å². The summed E-state index contributed by atoms with van der Waals surface area (Å²) in [6.45, 7) is 2.62. The van der Waals surface area contributed by atoms with Crippen molar-refractivity contribution in [3.8, 4) is 0 Å². The van der Waals surface area contributed by atoms with E-state index in [4.69, 9.17) is 0 Å². The molecule has 2 aromatic rings. The fraction of sp³-hybridized carbons (Fsp3) is 0.421. The lowest BCUT2D eigenvalue weighted by molar-refractivity contribution is -0.122. The van der Waals surface area contributed by atoms with Gasteiger partial charge >= 0.3 is 5.97 Å². The lowest BCUT2D eigenvalue weighted by Crippen LogP contribution is -2.29. The van der Waals surface area contributed by atoms with Crippen molar-refractivity contribution in [2.45, 2.75) is 31.8 Å². The zero-order valence-electron chi connectivity index (χ0n) is 14.9. The van der Waals surface area contributed by atoms with Crippen LogP contribution in [-0.2, 0) is 22.6 Å². The molecule has 1 unspecified atom stereocenters. The Morgan fingerprint density at radius 1 is 1.31 bits per heavy atom. The number of rotatable bonds is 6. The first-order valence-electron chi connectivity index (χ1n) is 8.83. The van der Waals surface area contributed by atoms with E-state index in [2.05, 4.69) is 20.5 Å². The van der Waals surface area contributed by atoms with Crippen molar-refractivity contribution in [2.24, 2.45) is 0 Å². The van der Waals surface area contributed by atoms with Gasteiger partial charge in [0.2, 0.25) is 5.91 Å². The second-order valence-electron chi connectivity index (χ2n) is 6.45. The number of hydrogen-bond acceptors (Lipinski definition) is 5. The van der Waals surface area contributed by atoms with E-state index in [1.165, 1.54) is 7.11 Å². The quantitative estimate of drug-likeness (QED) is 0.766. The van der Waals surface area contributed by atoms with Crippen LogP contribution in [0, 0.1) is 0 Å². The van der Waals surface area contributed by atoms with Crippen LogP contribution in [0.2, 0.25) is 0 Å². The van der Waals surface area contributed by atoms with E-state index in [0.29, 0.717) is 18.0 Å². The Bertz CT molecular complexity index is 748. The van der Waals surface area contributed by atoms with Gasteiger partial charge < -0.3 is 15.4 Å². The monoisotopic (exact) mass is 356 g/mol. The summed E-state index contributed by atoms with van der Waals surface area (Å²) < 4.78 is 6.34. The number of piperidine rings is 1. The predicted molar refractivity (Wildman–Crippen MR) is 96.7 cm³/mol. The van der Waals surface area contributed by atoms with E-state index < -0.39 is 0 Å². The van der Waals surface area contributed by atoms with Crippen molar-refractivity contribution in [2.75, 3.05) is 20.2 Å². The maximum absolute atomic E-state index is 12.1. The van der Waals surface area contributed by atoms with E-state index >= 15 is 0 Å². The Hall–Kier alpha value is -2.67. The molecule has 2 heterocycles. The topological polar surface area (TPSA) is 85.2 Å². The van der Waals surface area contributed by atoms with E-state index in [1.807, 2.05) is 12.3 Å². The smallest absolute Gasteiger partial charge is 0.337 e. The maximum atomic E-state index is 12.1. The molecule has 1 aliphatic rings. The third-order valence-electron chi connectivity index (χ3n) is 4.55. The molecule has 0 radical (unpaired) electrons. The lowest BCUT2D eigenvalue weighted by Gasteiger charge is -2.20. The number of carbonyl (C=O) groups excluding carboxylic acids is 2. The summed E-state index contributed by atoms with van der Waals surface area (Å²) in [5.74, 6) is -0.0388. The zero-order chi connectivity index (χ0) is 18.4. The molecule has 138 valence electrons. The molecule has 1 amide bonds. The Morgan fingerprint density at radius 2 is 2.12 bits per heavy atom. The van der Waals surface area contributed by atoms with Crippen LogP contribution in [0.1, 0.15) is 40.4 Å². The highest BCUT2D eigenvalue weighted by molar-refractivity contribution is 5.89. The highest BCUT2D eigenvalue weighted by atomic mass is 16.5. The minimum Gasteiger partial charge on any atom is -0.465 e. The van der Waals surface area contributed by atoms with Crippen LogP contribution in [0.3, 0.4) is 0 Å². The maximum Gasteiger partial charge on any atom is 0.337 e. The van der Waals surface area contributed by atoms with Crippen LogP contribution in [0.5, 0.6) is 0 Å². The van der Waals surface area contributed by atoms with Crippen molar-refractivity contribution < 1.29 is 14.3 Å². The molecule has 1 fully saturated rings. The van der Waals surface area contributed by atoms with Gasteiger partial charge in [-0.1, -0.05) is 12.1 Å². The first-order valence-corrected chi connectivity index (χ1v) is 8.83. The Morgan fingerprint density at radius 3 is 2.81 bits per heavy atom. The van der Waals surface area contributed by atoms with Crippen molar-refractivity contribution in [1.82, 2.24) is 20.4 Å². The van der Waals surface area contributed by atoms with Gasteiger partial charge in [0.25, 0.3) is 0 Å². The molecule has 2 N–H and O–H groups in total. The highest BCUT2D eigenvalue weighted by Gasteiger charge is 2.17. The van der Waals surface area contributed by atoms with E-state index in [-0.39, 0.29) is 18.4 Å². The van der Waals surface area contributed by atoms with Crippen LogP contribution in [-0.4, -0.2) is 41.9 Å². The number of aromatic nitrogens is 2. The standard InChI is InChI=1S/C19H24N4O3/c1-26-19(25)15-6-4-14(5-7-15)11-21-18(24)13-23-10-8-17(22-23)16-3-2-9-20-12-16/h4-8,10,16,20H,2-3,9,11-13H2,1H3,(H,21,24). The Labute approximate surface area is 152 Å². The number of esters is 1. The summed E-state index contributed by atoms with van der Waals surface area (Å²) in [6.07, 6.45) is 4.15. The van der Waals surface area contributed by atoms with Crippen LogP contribution in [0.4, 0.5) is 0 Å². The zero-order valence-corrected chi connectivity index (χ0v) is 14.9. The molecule has 0 spiro atoms. The molecule has 1 aromatic heterocycles. The first kappa shape index (κ1) is 18.1. The number of benzene rings is 1. The number of nitrogens with zero attached hydrogens (tertiary/aromatic N) is 2. The fourth-order valence-electron chi connectivity index (χ4n) is 3.07. The summed E-state index contributed by atoms with van der Waals surface area (Å²) in [5.41, 5.74) is 2.45. The highest BCUT2D eigenvalue weighted by Crippen LogP contribution is 2.21. The molecule has 26 heavy (non-hydrogen) atoms. The minimum atomic E-state index is -0.372. The van der Waals surface area contributed by atoms with Crippen molar-refractivity contribution in [3.63, 3.8) is 0 Å². The molecule has 3 rings (SSSR count). The molecule has 1 aromatic carbocycles. The van der Waals surface area contributed by atoms with E-state index in [9.17, 15) is 9.59 Å². The largest absolute Gasteiger partial charge is 0.465 e. The molecule has 1 atom stereocenters. The third-order valence-corrected chi connectivity index (χ3v) is 4.55. The summed E-state index contributed by atoms with van der Waals surface area (Å²) in [5, 5.41) is 10.8. The fourth-order valence-corrected chi connectivity index (χ4v) is 3.07. The van der Waals surface area contributed by atoms with Gasteiger partial charge in [-0.15, -0.1) is 0 Å². The molecular weight excluding hydrogens is 332 g/mol. The molecule has 7 nitrogen and oxygen atoms in total. The number of ether oxygens (including phenoxy) is 1. The summed E-state index contributed by atoms with van der Waals surface area (Å²) in [4.78, 5) is 23.5. The van der Waals surface area contributed by atoms with Gasteiger partial charge in [0, 0.05) is 25.2 Å². The Balaban J connectivity index is 1.48. The van der Waals surface area contributed by atoms with Crippen LogP contribution < -0.4 is 10.6 Å². The van der Waals surface area contributed by atoms with Crippen LogP contribution >= 0.6 is 0 Å². The molecule has 0 bridgehead atoms. The van der Waals surface area contributed by atoms with Gasteiger partial charge in [-0.3, -0.25) is 9.48 Å². The Kier molecular flexibility index (Phi) is 6.01. The second-order valence-corrected chi connectivity index (χ2v) is 6.45. The van der Waals surface area contributed by atoms with Gasteiger partial charge in [-0.2, -0.15) is 5.10 Å². The van der Waals surface area contributed by atoms with Crippen molar-refractivity contribution in [1.29, 1.82) is 0 Å². The van der Waals surface area contributed by atoms with E-state index in [0.717, 1.165) is 37.2 Å². The predicted octanol–water partition coefficient (Wildman–Crippen LogP) is 1.45. The minimum absolute atomic E-state index is 0.0986. The van der Waals surface area contributed by atoms with Gasteiger partial charge in [-0.05, 0) is 43.1 Å². The first-order chi connectivity index (χ1) is 12.7. The molecule has 7 heteroatoms. The van der Waals surface area contributed by atoms with Crippen LogP contribution in [0.15, 0.2) is 36.5 Å². The van der Waals surface area contributed by atoms with Crippen molar-refractivity contribution >= 4 is 11.9 Å². The second kappa shape index (κ2) is 8.62. The molecule has 1 aliphatic heterocycles. The molecule has 0 saturated carbocycles. The van der Waals surface area contributed by atoms with E-state index in [1.54, 1.807) is 28.9 Å². The summed E-state index contributed by atoms with van der Waals surface area (Å²) in [6, 6.07) is 8.97. The normalized spacial score (nSPS) is 16.9. The SMILES string of the molecule is COC(=O)c1ccc(CNC(=O)Cn2ccc(C3CCCNC3)n2)cc1. The average Bonchev–Trinajstić information content (AvgIpc) is 3.15. The third kappa shape index (κ3) is 4.70. The number of amides is 1. The number of nitrogens with one attached hydrogen (secondary N) is 2. The molecule has 0 aliphatic carbocycles. The van der Waals surface area contributed by atoms with Crippen LogP contribution in [0.25, 0.3) is 0 Å².